The number of primary amides is 1. The molecular weight excluding hydrogens is 478 g/mol. The van der Waals surface area contributed by atoms with Gasteiger partial charge in [-0.05, 0) is 30.5 Å². The van der Waals surface area contributed by atoms with Crippen molar-refractivity contribution >= 4 is 35.6 Å². The van der Waals surface area contributed by atoms with Gasteiger partial charge in [0.05, 0.1) is 18.9 Å². The Morgan fingerprint density at radius 1 is 1.00 bits per heavy atom. The standard InChI is InChI=1S/C22H29N5O9/c23-13(9-18(30)31)19(32)25-14(10-17(24)29)21(34)27-7-1-2-16(27)20(33)26-15(22(35)36)8-11-3-5-12(28)6-4-11/h3-6,13-16,28H,1-2,7-10,23H2,(H2,24,29)(H,25,32)(H,26,33)(H,30,31)(H,35,36). The van der Waals surface area contributed by atoms with Crippen molar-refractivity contribution in [1.82, 2.24) is 15.5 Å². The molecule has 14 nitrogen and oxygen atoms in total. The van der Waals surface area contributed by atoms with E-state index in [9.17, 15) is 39.0 Å². The molecule has 196 valence electrons. The number of aliphatic carboxylic acids is 2. The van der Waals surface area contributed by atoms with Crippen LogP contribution in [0.2, 0.25) is 0 Å². The maximum Gasteiger partial charge on any atom is 0.326 e. The quantitative estimate of drug-likeness (QED) is 0.159. The SMILES string of the molecule is NC(=O)CC(NC(=O)C(N)CC(=O)O)C(=O)N1CCCC1C(=O)NC(Cc1ccc(O)cc1)C(=O)O. The zero-order valence-corrected chi connectivity index (χ0v) is 19.3. The minimum absolute atomic E-state index is 0.00343. The summed E-state index contributed by atoms with van der Waals surface area (Å²) in [5.41, 5.74) is 11.2. The molecule has 2 rings (SSSR count). The van der Waals surface area contributed by atoms with Gasteiger partial charge in [-0.1, -0.05) is 12.1 Å². The highest BCUT2D eigenvalue weighted by atomic mass is 16.4. The van der Waals surface area contributed by atoms with Gasteiger partial charge in [-0.15, -0.1) is 0 Å². The molecule has 1 aliphatic heterocycles. The number of phenolic OH excluding ortho intramolecular Hbond substituents is 1. The second-order valence-corrected chi connectivity index (χ2v) is 8.40. The molecule has 4 amide bonds. The lowest BCUT2D eigenvalue weighted by Crippen LogP contribution is -2.57. The average molecular weight is 508 g/mol. The zero-order valence-electron chi connectivity index (χ0n) is 19.3. The fourth-order valence-electron chi connectivity index (χ4n) is 3.80. The molecule has 14 heteroatoms. The van der Waals surface area contributed by atoms with Gasteiger partial charge in [0.15, 0.2) is 0 Å². The summed E-state index contributed by atoms with van der Waals surface area (Å²) >= 11 is 0. The van der Waals surface area contributed by atoms with E-state index in [1.165, 1.54) is 24.3 Å². The molecule has 0 spiro atoms. The van der Waals surface area contributed by atoms with Crippen LogP contribution in [-0.4, -0.2) is 86.5 Å². The molecule has 1 saturated heterocycles. The minimum atomic E-state index is -1.49. The molecule has 9 N–H and O–H groups in total. The Labute approximate surface area is 205 Å². The first-order valence-electron chi connectivity index (χ1n) is 11.1. The van der Waals surface area contributed by atoms with Gasteiger partial charge in [0.1, 0.15) is 23.9 Å². The highest BCUT2D eigenvalue weighted by Gasteiger charge is 2.39. The van der Waals surface area contributed by atoms with Crippen LogP contribution < -0.4 is 22.1 Å². The zero-order chi connectivity index (χ0) is 27.0. The molecule has 4 atom stereocenters. The van der Waals surface area contributed by atoms with E-state index in [4.69, 9.17) is 16.6 Å². The molecular formula is C22H29N5O9. The monoisotopic (exact) mass is 507 g/mol. The van der Waals surface area contributed by atoms with Gasteiger partial charge in [0, 0.05) is 13.0 Å². The number of likely N-dealkylation sites (tertiary alicyclic amines) is 1. The summed E-state index contributed by atoms with van der Waals surface area (Å²) in [7, 11) is 0. The number of nitrogens with two attached hydrogens (primary N) is 2. The number of carbonyl (C=O) groups is 6. The second kappa shape index (κ2) is 12.5. The number of aromatic hydroxyl groups is 1. The van der Waals surface area contributed by atoms with Crippen LogP contribution in [0.4, 0.5) is 0 Å². The Morgan fingerprint density at radius 3 is 2.19 bits per heavy atom. The lowest BCUT2D eigenvalue weighted by atomic mass is 10.0. The molecule has 0 saturated carbocycles. The van der Waals surface area contributed by atoms with Gasteiger partial charge in [-0.3, -0.25) is 24.0 Å². The smallest absolute Gasteiger partial charge is 0.326 e. The van der Waals surface area contributed by atoms with Gasteiger partial charge in [-0.2, -0.15) is 0 Å². The van der Waals surface area contributed by atoms with Gasteiger partial charge in [0.2, 0.25) is 23.6 Å². The number of phenols is 1. The topological polar surface area (TPSA) is 242 Å². The van der Waals surface area contributed by atoms with Crippen molar-refractivity contribution in [2.45, 2.75) is 56.3 Å². The third kappa shape index (κ3) is 7.94. The Morgan fingerprint density at radius 2 is 1.64 bits per heavy atom. The summed E-state index contributed by atoms with van der Waals surface area (Å²) in [6.45, 7) is 0.0962. The minimum Gasteiger partial charge on any atom is -0.508 e. The Kier molecular flexibility index (Phi) is 9.73. The van der Waals surface area contributed by atoms with E-state index in [2.05, 4.69) is 10.6 Å². The highest BCUT2D eigenvalue weighted by Crippen LogP contribution is 2.20. The highest BCUT2D eigenvalue weighted by molar-refractivity contribution is 5.97. The molecule has 1 heterocycles. The van der Waals surface area contributed by atoms with E-state index in [1.54, 1.807) is 0 Å². The van der Waals surface area contributed by atoms with Crippen molar-refractivity contribution in [3.8, 4) is 5.75 Å². The number of nitrogens with one attached hydrogen (secondary N) is 2. The Hall–Kier alpha value is -4.20. The van der Waals surface area contributed by atoms with E-state index < -0.39 is 72.6 Å². The maximum absolute atomic E-state index is 13.1. The molecule has 1 aromatic rings. The van der Waals surface area contributed by atoms with Crippen LogP contribution in [0.3, 0.4) is 0 Å². The van der Waals surface area contributed by atoms with Gasteiger partial charge in [0.25, 0.3) is 0 Å². The number of carboxylic acid groups (broad SMARTS) is 2. The fraction of sp³-hybridized carbons (Fsp3) is 0.455. The summed E-state index contributed by atoms with van der Waals surface area (Å²) in [5.74, 6) is -6.12. The Balaban J connectivity index is 2.13. The molecule has 0 bridgehead atoms. The lowest BCUT2D eigenvalue weighted by molar-refractivity contribution is -0.145. The van der Waals surface area contributed by atoms with Gasteiger partial charge < -0.3 is 42.3 Å². The van der Waals surface area contributed by atoms with Crippen molar-refractivity contribution in [2.24, 2.45) is 11.5 Å². The normalized spacial score (nSPS) is 17.5. The molecule has 1 aliphatic rings. The van der Waals surface area contributed by atoms with Crippen molar-refractivity contribution < 1.29 is 44.1 Å². The Bertz CT molecular complexity index is 1010. The van der Waals surface area contributed by atoms with Gasteiger partial charge in [-0.25, -0.2) is 4.79 Å². The number of hydrogen-bond acceptors (Lipinski definition) is 8. The third-order valence-corrected chi connectivity index (χ3v) is 5.58. The molecule has 0 radical (unpaired) electrons. The molecule has 36 heavy (non-hydrogen) atoms. The maximum atomic E-state index is 13.1. The van der Waals surface area contributed by atoms with Crippen LogP contribution in [0.15, 0.2) is 24.3 Å². The van der Waals surface area contributed by atoms with Crippen LogP contribution in [0.25, 0.3) is 0 Å². The number of carboxylic acids is 2. The number of carbonyl (C=O) groups excluding carboxylic acids is 4. The predicted molar refractivity (Wildman–Crippen MR) is 122 cm³/mol. The third-order valence-electron chi connectivity index (χ3n) is 5.58. The predicted octanol–water partition coefficient (Wildman–Crippen LogP) is -2.34. The largest absolute Gasteiger partial charge is 0.508 e. The number of benzene rings is 1. The molecule has 4 unspecified atom stereocenters. The number of amides is 4. The van der Waals surface area contributed by atoms with Crippen LogP contribution in [-0.2, 0) is 35.2 Å². The van der Waals surface area contributed by atoms with E-state index in [0.29, 0.717) is 12.0 Å². The summed E-state index contributed by atoms with van der Waals surface area (Å²) in [6, 6.07) is 0.402. The summed E-state index contributed by atoms with van der Waals surface area (Å²) in [4.78, 5) is 73.5. The molecule has 0 aromatic heterocycles. The molecule has 1 aromatic carbocycles. The summed E-state index contributed by atoms with van der Waals surface area (Å²) in [6.07, 6.45) is -0.804. The van der Waals surface area contributed by atoms with Crippen LogP contribution >= 0.6 is 0 Å². The van der Waals surface area contributed by atoms with Crippen LogP contribution in [0.1, 0.15) is 31.2 Å². The summed E-state index contributed by atoms with van der Waals surface area (Å²) < 4.78 is 0. The first-order valence-corrected chi connectivity index (χ1v) is 11.1. The van der Waals surface area contributed by atoms with E-state index >= 15 is 0 Å². The van der Waals surface area contributed by atoms with E-state index in [1.807, 2.05) is 0 Å². The average Bonchev–Trinajstić information content (AvgIpc) is 3.28. The van der Waals surface area contributed by atoms with Crippen LogP contribution in [0.5, 0.6) is 5.75 Å². The van der Waals surface area contributed by atoms with E-state index in [-0.39, 0.29) is 25.1 Å². The van der Waals surface area contributed by atoms with E-state index in [0.717, 1.165) is 4.90 Å². The number of hydrogen-bond donors (Lipinski definition) is 7. The van der Waals surface area contributed by atoms with Crippen molar-refractivity contribution in [2.75, 3.05) is 6.54 Å². The molecule has 1 fully saturated rings. The summed E-state index contributed by atoms with van der Waals surface area (Å²) in [5, 5.41) is 32.4. The molecule has 0 aliphatic carbocycles. The first-order chi connectivity index (χ1) is 16.9. The number of nitrogens with zero attached hydrogens (tertiary/aromatic N) is 1. The van der Waals surface area contributed by atoms with Crippen LogP contribution in [0, 0.1) is 0 Å². The lowest BCUT2D eigenvalue weighted by Gasteiger charge is -2.29. The second-order valence-electron chi connectivity index (χ2n) is 8.40. The number of rotatable bonds is 12. The fourth-order valence-corrected chi connectivity index (χ4v) is 3.80. The first kappa shape index (κ1) is 28.0. The van der Waals surface area contributed by atoms with Crippen molar-refractivity contribution in [1.29, 1.82) is 0 Å². The van der Waals surface area contributed by atoms with Crippen molar-refractivity contribution in [3.05, 3.63) is 29.8 Å². The van der Waals surface area contributed by atoms with Crippen molar-refractivity contribution in [3.63, 3.8) is 0 Å². The van der Waals surface area contributed by atoms with Gasteiger partial charge >= 0.3 is 11.9 Å².